The van der Waals surface area contributed by atoms with E-state index in [4.69, 9.17) is 11.6 Å². The van der Waals surface area contributed by atoms with E-state index in [2.05, 4.69) is 15.5 Å². The van der Waals surface area contributed by atoms with Crippen LogP contribution in [-0.2, 0) is 0 Å². The molecule has 21 heavy (non-hydrogen) atoms. The number of aryl methyl sites for hydroxylation is 1. The lowest BCUT2D eigenvalue weighted by Gasteiger charge is -2.06. The molecule has 0 bridgehead atoms. The van der Waals surface area contributed by atoms with E-state index in [1.165, 1.54) is 11.3 Å². The standard InChI is InChI=1S/C15H12ClN3OS/c1-9-13(17-15(20)12-3-2-8-21-12)14(19-18-9)10-4-6-11(16)7-5-10/h2-8H,1H3,(H,17,20)(H,18,19). The summed E-state index contributed by atoms with van der Waals surface area (Å²) in [5.41, 5.74) is 3.10. The number of nitrogens with zero attached hydrogens (tertiary/aromatic N) is 1. The van der Waals surface area contributed by atoms with Crippen LogP contribution >= 0.6 is 22.9 Å². The molecule has 0 aliphatic rings. The molecule has 0 aliphatic carbocycles. The van der Waals surface area contributed by atoms with Gasteiger partial charge >= 0.3 is 0 Å². The maximum atomic E-state index is 12.2. The number of thiophene rings is 1. The molecule has 2 N–H and O–H groups in total. The van der Waals surface area contributed by atoms with E-state index in [9.17, 15) is 4.79 Å². The molecule has 0 saturated heterocycles. The molecule has 1 amide bonds. The van der Waals surface area contributed by atoms with E-state index in [0.717, 1.165) is 11.3 Å². The molecule has 0 atom stereocenters. The van der Waals surface area contributed by atoms with Crippen molar-refractivity contribution < 1.29 is 4.79 Å². The predicted molar refractivity (Wildman–Crippen MR) is 86.0 cm³/mol. The minimum absolute atomic E-state index is 0.135. The highest BCUT2D eigenvalue weighted by Crippen LogP contribution is 2.29. The van der Waals surface area contributed by atoms with Crippen molar-refractivity contribution in [3.05, 3.63) is 57.4 Å². The number of halogens is 1. The fourth-order valence-electron chi connectivity index (χ4n) is 1.98. The topological polar surface area (TPSA) is 57.8 Å². The van der Waals surface area contributed by atoms with Crippen LogP contribution in [0, 0.1) is 6.92 Å². The van der Waals surface area contributed by atoms with Crippen molar-refractivity contribution in [1.29, 1.82) is 0 Å². The van der Waals surface area contributed by atoms with Crippen LogP contribution in [0.4, 0.5) is 5.69 Å². The Kier molecular flexibility index (Phi) is 3.77. The van der Waals surface area contributed by atoms with Crippen molar-refractivity contribution in [2.24, 2.45) is 0 Å². The van der Waals surface area contributed by atoms with E-state index >= 15 is 0 Å². The SMILES string of the molecule is Cc1[nH]nc(-c2ccc(Cl)cc2)c1NC(=O)c1cccs1. The van der Waals surface area contributed by atoms with E-state index in [-0.39, 0.29) is 5.91 Å². The molecule has 3 aromatic rings. The van der Waals surface area contributed by atoms with Crippen molar-refractivity contribution in [3.63, 3.8) is 0 Å². The van der Waals surface area contributed by atoms with Gasteiger partial charge in [-0.25, -0.2) is 0 Å². The number of aromatic amines is 1. The minimum Gasteiger partial charge on any atom is -0.318 e. The Morgan fingerprint density at radius 3 is 2.71 bits per heavy atom. The summed E-state index contributed by atoms with van der Waals surface area (Å²) in [4.78, 5) is 12.9. The van der Waals surface area contributed by atoms with Crippen LogP contribution in [0.5, 0.6) is 0 Å². The van der Waals surface area contributed by atoms with Gasteiger partial charge in [0, 0.05) is 10.6 Å². The first kappa shape index (κ1) is 13.9. The summed E-state index contributed by atoms with van der Waals surface area (Å²) in [6, 6.07) is 11.0. The van der Waals surface area contributed by atoms with E-state index in [1.54, 1.807) is 18.2 Å². The predicted octanol–water partition coefficient (Wildman–Crippen LogP) is 4.35. The van der Waals surface area contributed by atoms with Crippen LogP contribution in [0.25, 0.3) is 11.3 Å². The Morgan fingerprint density at radius 2 is 2.05 bits per heavy atom. The maximum Gasteiger partial charge on any atom is 0.265 e. The number of anilines is 1. The highest BCUT2D eigenvalue weighted by atomic mass is 35.5. The number of rotatable bonds is 3. The number of nitrogens with one attached hydrogen (secondary N) is 2. The molecule has 0 spiro atoms. The minimum atomic E-state index is -0.135. The van der Waals surface area contributed by atoms with Crippen molar-refractivity contribution in [1.82, 2.24) is 10.2 Å². The third-order valence-electron chi connectivity index (χ3n) is 3.05. The lowest BCUT2D eigenvalue weighted by molar-refractivity contribution is 0.103. The van der Waals surface area contributed by atoms with Gasteiger partial charge in [-0.05, 0) is 30.5 Å². The zero-order valence-electron chi connectivity index (χ0n) is 11.2. The van der Waals surface area contributed by atoms with Gasteiger partial charge in [-0.2, -0.15) is 5.10 Å². The van der Waals surface area contributed by atoms with Gasteiger partial charge in [-0.1, -0.05) is 29.8 Å². The van der Waals surface area contributed by atoms with E-state index < -0.39 is 0 Å². The van der Waals surface area contributed by atoms with Crippen molar-refractivity contribution in [3.8, 4) is 11.3 Å². The first-order valence-corrected chi connectivity index (χ1v) is 7.56. The second-order valence-electron chi connectivity index (χ2n) is 4.51. The van der Waals surface area contributed by atoms with Gasteiger partial charge in [0.2, 0.25) is 0 Å². The molecule has 4 nitrogen and oxygen atoms in total. The number of benzene rings is 1. The molecule has 2 heterocycles. The smallest absolute Gasteiger partial charge is 0.265 e. The summed E-state index contributed by atoms with van der Waals surface area (Å²) in [5.74, 6) is -0.135. The molecule has 3 rings (SSSR count). The summed E-state index contributed by atoms with van der Waals surface area (Å²) < 4.78 is 0. The summed E-state index contributed by atoms with van der Waals surface area (Å²) in [5, 5.41) is 12.6. The number of carbonyl (C=O) groups is 1. The van der Waals surface area contributed by atoms with Gasteiger partial charge < -0.3 is 5.32 Å². The average molecular weight is 318 g/mol. The summed E-state index contributed by atoms with van der Waals surface area (Å²) in [6.07, 6.45) is 0. The molecule has 0 fully saturated rings. The largest absolute Gasteiger partial charge is 0.318 e. The highest BCUT2D eigenvalue weighted by Gasteiger charge is 2.16. The van der Waals surface area contributed by atoms with Crippen LogP contribution < -0.4 is 5.32 Å². The fraction of sp³-hybridized carbons (Fsp3) is 0.0667. The zero-order valence-corrected chi connectivity index (χ0v) is 12.8. The van der Waals surface area contributed by atoms with Crippen molar-refractivity contribution in [2.45, 2.75) is 6.92 Å². The molecular formula is C15H12ClN3OS. The van der Waals surface area contributed by atoms with Gasteiger partial charge in [0.1, 0.15) is 5.69 Å². The second kappa shape index (κ2) is 5.71. The van der Waals surface area contributed by atoms with E-state index in [0.29, 0.717) is 21.3 Å². The Balaban J connectivity index is 1.94. The third kappa shape index (κ3) is 2.84. The maximum absolute atomic E-state index is 12.2. The van der Waals surface area contributed by atoms with Gasteiger partial charge in [0.15, 0.2) is 0 Å². The number of H-pyrrole nitrogens is 1. The number of carbonyl (C=O) groups excluding carboxylic acids is 1. The molecule has 2 aromatic heterocycles. The number of aromatic nitrogens is 2. The molecule has 0 unspecified atom stereocenters. The Bertz CT molecular complexity index is 763. The van der Waals surface area contributed by atoms with Gasteiger partial charge in [-0.15, -0.1) is 11.3 Å². The van der Waals surface area contributed by atoms with Gasteiger partial charge in [0.05, 0.1) is 16.3 Å². The second-order valence-corrected chi connectivity index (χ2v) is 5.89. The zero-order chi connectivity index (χ0) is 14.8. The summed E-state index contributed by atoms with van der Waals surface area (Å²) >= 11 is 7.30. The molecule has 106 valence electrons. The van der Waals surface area contributed by atoms with Crippen LogP contribution in [0.15, 0.2) is 41.8 Å². The molecule has 0 saturated carbocycles. The number of hydrogen-bond acceptors (Lipinski definition) is 3. The molecule has 0 aliphatic heterocycles. The summed E-state index contributed by atoms with van der Waals surface area (Å²) in [6.45, 7) is 1.87. The molecule has 1 aromatic carbocycles. The van der Waals surface area contributed by atoms with Crippen molar-refractivity contribution >= 4 is 34.5 Å². The lowest BCUT2D eigenvalue weighted by Crippen LogP contribution is -2.11. The van der Waals surface area contributed by atoms with E-state index in [1.807, 2.05) is 30.5 Å². The normalized spacial score (nSPS) is 10.6. The van der Waals surface area contributed by atoms with Crippen LogP contribution in [0.1, 0.15) is 15.4 Å². The lowest BCUT2D eigenvalue weighted by atomic mass is 10.1. The van der Waals surface area contributed by atoms with Gasteiger partial charge in [0.25, 0.3) is 5.91 Å². The van der Waals surface area contributed by atoms with Crippen LogP contribution in [0.3, 0.4) is 0 Å². The number of hydrogen-bond donors (Lipinski definition) is 2. The molecule has 0 radical (unpaired) electrons. The summed E-state index contributed by atoms with van der Waals surface area (Å²) in [7, 11) is 0. The number of amides is 1. The highest BCUT2D eigenvalue weighted by molar-refractivity contribution is 7.12. The molecular weight excluding hydrogens is 306 g/mol. The van der Waals surface area contributed by atoms with Crippen LogP contribution in [-0.4, -0.2) is 16.1 Å². The van der Waals surface area contributed by atoms with Gasteiger partial charge in [-0.3, -0.25) is 9.89 Å². The Morgan fingerprint density at radius 1 is 1.29 bits per heavy atom. The third-order valence-corrected chi connectivity index (χ3v) is 4.17. The van der Waals surface area contributed by atoms with Crippen molar-refractivity contribution in [2.75, 3.05) is 5.32 Å². The quantitative estimate of drug-likeness (QED) is 0.754. The fourth-order valence-corrected chi connectivity index (χ4v) is 2.73. The monoisotopic (exact) mass is 317 g/mol. The van der Waals surface area contributed by atoms with Crippen LogP contribution in [0.2, 0.25) is 5.02 Å². The first-order valence-electron chi connectivity index (χ1n) is 6.31. The average Bonchev–Trinajstić information content (AvgIpc) is 3.11. The Labute approximate surface area is 130 Å². The Hall–Kier alpha value is -2.11. The first-order chi connectivity index (χ1) is 10.1. The molecule has 6 heteroatoms.